The molecule has 0 bridgehead atoms. The van der Waals surface area contributed by atoms with E-state index in [0.717, 1.165) is 24.3 Å². The highest BCUT2D eigenvalue weighted by Gasteiger charge is 2.22. The monoisotopic (exact) mass is 207 g/mol. The van der Waals surface area contributed by atoms with Gasteiger partial charge < -0.3 is 5.73 Å². The van der Waals surface area contributed by atoms with Crippen LogP contribution < -0.4 is 5.73 Å². The van der Waals surface area contributed by atoms with Gasteiger partial charge in [-0.05, 0) is 42.4 Å². The third-order valence-corrected chi connectivity index (χ3v) is 3.40. The van der Waals surface area contributed by atoms with Crippen LogP contribution in [-0.4, -0.2) is 0 Å². The summed E-state index contributed by atoms with van der Waals surface area (Å²) in [6.07, 6.45) is 4.73. The molecule has 82 valence electrons. The fourth-order valence-electron chi connectivity index (χ4n) is 2.59. The molecule has 0 amide bonds. The number of nitrogen functional groups attached to an aromatic ring is 1. The lowest BCUT2D eigenvalue weighted by molar-refractivity contribution is 0.338. The number of hydrogen-bond donors (Lipinski definition) is 1. The molecule has 1 aliphatic rings. The molecule has 0 heterocycles. The standard InChI is InChI=1S/C13H18FN/c1-9-3-2-4-10(7-9)12-6-5-11(15)8-13(12)14/h5-6,8-10H,2-4,7,15H2,1H3/t9-,10+/m0/s1. The molecule has 0 saturated heterocycles. The molecule has 1 aromatic carbocycles. The summed E-state index contributed by atoms with van der Waals surface area (Å²) in [5, 5.41) is 0. The first kappa shape index (κ1) is 10.5. The minimum absolute atomic E-state index is 0.130. The van der Waals surface area contributed by atoms with E-state index < -0.39 is 0 Å². The van der Waals surface area contributed by atoms with Crippen molar-refractivity contribution in [3.05, 3.63) is 29.6 Å². The summed E-state index contributed by atoms with van der Waals surface area (Å²) >= 11 is 0. The Morgan fingerprint density at radius 1 is 1.33 bits per heavy atom. The van der Waals surface area contributed by atoms with E-state index in [9.17, 15) is 4.39 Å². The lowest BCUT2D eigenvalue weighted by atomic mass is 9.78. The fourth-order valence-corrected chi connectivity index (χ4v) is 2.59. The van der Waals surface area contributed by atoms with Gasteiger partial charge in [0.05, 0.1) is 0 Å². The molecule has 1 aromatic rings. The smallest absolute Gasteiger partial charge is 0.128 e. The normalized spacial score (nSPS) is 26.5. The van der Waals surface area contributed by atoms with Gasteiger partial charge in [0.25, 0.3) is 0 Å². The van der Waals surface area contributed by atoms with Gasteiger partial charge in [0.1, 0.15) is 5.82 Å². The van der Waals surface area contributed by atoms with Crippen LogP contribution in [0.1, 0.15) is 44.1 Å². The minimum atomic E-state index is -0.130. The van der Waals surface area contributed by atoms with Crippen LogP contribution in [0.3, 0.4) is 0 Å². The Hall–Kier alpha value is -1.05. The van der Waals surface area contributed by atoms with E-state index in [0.29, 0.717) is 11.6 Å². The van der Waals surface area contributed by atoms with Crippen LogP contribution in [0.5, 0.6) is 0 Å². The maximum absolute atomic E-state index is 13.7. The number of hydrogen-bond acceptors (Lipinski definition) is 1. The molecule has 2 rings (SSSR count). The molecule has 1 nitrogen and oxygen atoms in total. The summed E-state index contributed by atoms with van der Waals surface area (Å²) in [6, 6.07) is 5.10. The average molecular weight is 207 g/mol. The van der Waals surface area contributed by atoms with Gasteiger partial charge in [-0.1, -0.05) is 25.8 Å². The zero-order valence-electron chi connectivity index (χ0n) is 9.17. The number of anilines is 1. The molecule has 2 atom stereocenters. The van der Waals surface area contributed by atoms with Crippen molar-refractivity contribution >= 4 is 5.69 Å². The second-order valence-corrected chi connectivity index (χ2v) is 4.75. The zero-order chi connectivity index (χ0) is 10.8. The highest BCUT2D eigenvalue weighted by Crippen LogP contribution is 2.37. The molecule has 1 aliphatic carbocycles. The highest BCUT2D eigenvalue weighted by molar-refractivity contribution is 5.41. The topological polar surface area (TPSA) is 26.0 Å². The van der Waals surface area contributed by atoms with Crippen LogP contribution in [0.25, 0.3) is 0 Å². The molecule has 0 aromatic heterocycles. The van der Waals surface area contributed by atoms with Gasteiger partial charge in [-0.15, -0.1) is 0 Å². The maximum Gasteiger partial charge on any atom is 0.128 e. The number of rotatable bonds is 1. The number of nitrogens with two attached hydrogens (primary N) is 1. The van der Waals surface area contributed by atoms with Crippen LogP contribution >= 0.6 is 0 Å². The molecule has 2 N–H and O–H groups in total. The molecule has 0 unspecified atom stereocenters. The van der Waals surface area contributed by atoms with Crippen molar-refractivity contribution in [3.8, 4) is 0 Å². The summed E-state index contributed by atoms with van der Waals surface area (Å²) in [5.74, 6) is 0.990. The predicted octanol–water partition coefficient (Wildman–Crippen LogP) is 3.70. The number of halogens is 1. The molecule has 2 heteroatoms. The van der Waals surface area contributed by atoms with Crippen LogP contribution in [-0.2, 0) is 0 Å². The van der Waals surface area contributed by atoms with E-state index >= 15 is 0 Å². The third kappa shape index (κ3) is 2.31. The largest absolute Gasteiger partial charge is 0.399 e. The Morgan fingerprint density at radius 3 is 2.80 bits per heavy atom. The van der Waals surface area contributed by atoms with Gasteiger partial charge in [0, 0.05) is 5.69 Å². The SMILES string of the molecule is C[C@H]1CCC[C@@H](c2ccc(N)cc2F)C1. The van der Waals surface area contributed by atoms with E-state index in [1.54, 1.807) is 6.07 Å². The predicted molar refractivity (Wildman–Crippen MR) is 61.2 cm³/mol. The van der Waals surface area contributed by atoms with Gasteiger partial charge in [0.2, 0.25) is 0 Å². The van der Waals surface area contributed by atoms with E-state index in [4.69, 9.17) is 5.73 Å². The molecule has 0 spiro atoms. The molecule has 0 radical (unpaired) electrons. The lowest BCUT2D eigenvalue weighted by Crippen LogP contribution is -2.13. The van der Waals surface area contributed by atoms with Gasteiger partial charge in [0.15, 0.2) is 0 Å². The quantitative estimate of drug-likeness (QED) is 0.698. The Balaban J connectivity index is 2.21. The van der Waals surface area contributed by atoms with Gasteiger partial charge >= 0.3 is 0 Å². The minimum Gasteiger partial charge on any atom is -0.399 e. The van der Waals surface area contributed by atoms with Crippen molar-refractivity contribution < 1.29 is 4.39 Å². The fraction of sp³-hybridized carbons (Fsp3) is 0.538. The van der Waals surface area contributed by atoms with Crippen molar-refractivity contribution in [2.75, 3.05) is 5.73 Å². The van der Waals surface area contributed by atoms with Crippen molar-refractivity contribution in [2.24, 2.45) is 5.92 Å². The molecule has 15 heavy (non-hydrogen) atoms. The molecule has 1 saturated carbocycles. The first-order valence-corrected chi connectivity index (χ1v) is 5.71. The van der Waals surface area contributed by atoms with Crippen molar-refractivity contribution in [3.63, 3.8) is 0 Å². The Morgan fingerprint density at radius 2 is 2.13 bits per heavy atom. The van der Waals surface area contributed by atoms with E-state index in [1.165, 1.54) is 18.9 Å². The van der Waals surface area contributed by atoms with Crippen LogP contribution in [0.15, 0.2) is 18.2 Å². The molecule has 0 aliphatic heterocycles. The van der Waals surface area contributed by atoms with Crippen molar-refractivity contribution in [1.29, 1.82) is 0 Å². The zero-order valence-corrected chi connectivity index (χ0v) is 9.17. The van der Waals surface area contributed by atoms with Gasteiger partial charge in [-0.3, -0.25) is 0 Å². The highest BCUT2D eigenvalue weighted by atomic mass is 19.1. The first-order chi connectivity index (χ1) is 7.16. The first-order valence-electron chi connectivity index (χ1n) is 5.71. The summed E-state index contributed by atoms with van der Waals surface area (Å²) in [5.41, 5.74) is 6.92. The summed E-state index contributed by atoms with van der Waals surface area (Å²) < 4.78 is 13.7. The molecule has 1 fully saturated rings. The summed E-state index contributed by atoms with van der Waals surface area (Å²) in [7, 11) is 0. The maximum atomic E-state index is 13.7. The number of benzene rings is 1. The van der Waals surface area contributed by atoms with Crippen molar-refractivity contribution in [2.45, 2.75) is 38.5 Å². The van der Waals surface area contributed by atoms with E-state index in [2.05, 4.69) is 6.92 Å². The second kappa shape index (κ2) is 4.21. The van der Waals surface area contributed by atoms with Gasteiger partial charge in [-0.2, -0.15) is 0 Å². The molecular formula is C13H18FN. The van der Waals surface area contributed by atoms with Gasteiger partial charge in [-0.25, -0.2) is 4.39 Å². The van der Waals surface area contributed by atoms with E-state index in [1.807, 2.05) is 6.07 Å². The van der Waals surface area contributed by atoms with Crippen LogP contribution in [0.2, 0.25) is 0 Å². The van der Waals surface area contributed by atoms with Crippen molar-refractivity contribution in [1.82, 2.24) is 0 Å². The summed E-state index contributed by atoms with van der Waals surface area (Å²) in [4.78, 5) is 0. The lowest BCUT2D eigenvalue weighted by Gasteiger charge is -2.27. The Kier molecular flexibility index (Phi) is 2.94. The second-order valence-electron chi connectivity index (χ2n) is 4.75. The third-order valence-electron chi connectivity index (χ3n) is 3.40. The van der Waals surface area contributed by atoms with Crippen LogP contribution in [0, 0.1) is 11.7 Å². The molecular weight excluding hydrogens is 189 g/mol. The van der Waals surface area contributed by atoms with E-state index in [-0.39, 0.29) is 5.82 Å². The Labute approximate surface area is 90.5 Å². The summed E-state index contributed by atoms with van der Waals surface area (Å²) in [6.45, 7) is 2.25. The van der Waals surface area contributed by atoms with Crippen LogP contribution in [0.4, 0.5) is 10.1 Å². The average Bonchev–Trinajstić information content (AvgIpc) is 2.17. The Bertz CT molecular complexity index is 348.